The van der Waals surface area contributed by atoms with Gasteiger partial charge in [0, 0.05) is 17.4 Å². The van der Waals surface area contributed by atoms with Crippen LogP contribution in [0.4, 0.5) is 20.4 Å². The highest BCUT2D eigenvalue weighted by Crippen LogP contribution is 2.45. The number of hydrogen-bond donors (Lipinski definition) is 3. The maximum atomic E-state index is 14.4. The number of halogens is 2. The van der Waals surface area contributed by atoms with Crippen molar-refractivity contribution in [3.05, 3.63) is 83.1 Å². The maximum Gasteiger partial charge on any atom is 0.309 e. The number of nitrogens with two attached hydrogens (primary N) is 1. The SMILES string of the molecule is CC(C)(Cc1coc(C2(C)C(=O)Nc3nc(-c4nn(Cc5ccccc5F)c5cc(F)ccc45)nc(N)c32)n1)C(=O)O. The van der Waals surface area contributed by atoms with E-state index in [1.54, 1.807) is 39.0 Å². The first-order valence-corrected chi connectivity index (χ1v) is 13.0. The van der Waals surface area contributed by atoms with E-state index in [-0.39, 0.29) is 47.6 Å². The van der Waals surface area contributed by atoms with E-state index in [2.05, 4.69) is 25.4 Å². The second kappa shape index (κ2) is 9.43. The van der Waals surface area contributed by atoms with Gasteiger partial charge in [-0.1, -0.05) is 18.2 Å². The highest BCUT2D eigenvalue weighted by molar-refractivity contribution is 6.08. The molecule has 214 valence electrons. The number of amides is 1. The van der Waals surface area contributed by atoms with Crippen LogP contribution >= 0.6 is 0 Å². The summed E-state index contributed by atoms with van der Waals surface area (Å²) in [6.45, 7) is 4.71. The normalized spacial score (nSPS) is 16.5. The Hall–Kier alpha value is -5.20. The van der Waals surface area contributed by atoms with E-state index >= 15 is 0 Å². The van der Waals surface area contributed by atoms with Crippen LogP contribution in [-0.2, 0) is 28.0 Å². The van der Waals surface area contributed by atoms with Crippen LogP contribution in [-0.4, -0.2) is 41.7 Å². The number of nitrogens with zero attached hydrogens (tertiary/aromatic N) is 5. The molecule has 0 saturated carbocycles. The van der Waals surface area contributed by atoms with Gasteiger partial charge in [-0.3, -0.25) is 14.3 Å². The first-order valence-electron chi connectivity index (χ1n) is 13.0. The number of fused-ring (bicyclic) bond motifs is 2. The van der Waals surface area contributed by atoms with Gasteiger partial charge < -0.3 is 20.6 Å². The minimum atomic E-state index is -1.50. The van der Waals surface area contributed by atoms with Crippen LogP contribution in [0.2, 0.25) is 0 Å². The lowest BCUT2D eigenvalue weighted by molar-refractivity contribution is -0.146. The second-order valence-corrected chi connectivity index (χ2v) is 11.0. The van der Waals surface area contributed by atoms with Crippen LogP contribution in [0.3, 0.4) is 0 Å². The van der Waals surface area contributed by atoms with E-state index in [4.69, 9.17) is 10.2 Å². The molecule has 5 aromatic rings. The summed E-state index contributed by atoms with van der Waals surface area (Å²) in [6.07, 6.45) is 1.39. The van der Waals surface area contributed by atoms with Crippen molar-refractivity contribution in [2.75, 3.05) is 11.1 Å². The molecule has 6 rings (SSSR count). The quantitative estimate of drug-likeness (QED) is 0.258. The number of anilines is 2. The van der Waals surface area contributed by atoms with Crippen LogP contribution in [0, 0.1) is 17.0 Å². The molecule has 0 saturated heterocycles. The fourth-order valence-electron chi connectivity index (χ4n) is 5.08. The zero-order valence-electron chi connectivity index (χ0n) is 22.8. The minimum absolute atomic E-state index is 0.00748. The predicted molar refractivity (Wildman–Crippen MR) is 147 cm³/mol. The van der Waals surface area contributed by atoms with Crippen molar-refractivity contribution in [3.63, 3.8) is 0 Å². The van der Waals surface area contributed by atoms with Gasteiger partial charge in [0.2, 0.25) is 11.8 Å². The van der Waals surface area contributed by atoms with Crippen LogP contribution in [0.25, 0.3) is 22.4 Å². The third-order valence-corrected chi connectivity index (χ3v) is 7.51. The number of aliphatic carboxylic acids is 1. The molecule has 1 unspecified atom stereocenters. The molecule has 1 aliphatic heterocycles. The molecule has 1 atom stereocenters. The lowest BCUT2D eigenvalue weighted by Crippen LogP contribution is -2.33. The Balaban J connectivity index is 1.42. The van der Waals surface area contributed by atoms with Gasteiger partial charge in [-0.2, -0.15) is 5.10 Å². The number of nitrogens with one attached hydrogen (secondary N) is 1. The summed E-state index contributed by atoms with van der Waals surface area (Å²) in [6, 6.07) is 10.3. The summed E-state index contributed by atoms with van der Waals surface area (Å²) in [7, 11) is 0. The average molecular weight is 574 g/mol. The first-order chi connectivity index (χ1) is 19.9. The van der Waals surface area contributed by atoms with E-state index in [1.807, 2.05) is 0 Å². The van der Waals surface area contributed by atoms with Gasteiger partial charge in [-0.25, -0.2) is 23.7 Å². The van der Waals surface area contributed by atoms with Gasteiger partial charge in [0.15, 0.2) is 11.2 Å². The van der Waals surface area contributed by atoms with Gasteiger partial charge >= 0.3 is 5.97 Å². The predicted octanol–water partition coefficient (Wildman–Crippen LogP) is 4.30. The number of hydrogen-bond acceptors (Lipinski definition) is 8. The number of carboxylic acids is 1. The number of aromatic nitrogens is 5. The van der Waals surface area contributed by atoms with Crippen LogP contribution < -0.4 is 11.1 Å². The number of nitrogen functional groups attached to an aromatic ring is 1. The summed E-state index contributed by atoms with van der Waals surface area (Å²) in [5.74, 6) is -2.30. The van der Waals surface area contributed by atoms with Crippen molar-refractivity contribution in [3.8, 4) is 11.5 Å². The summed E-state index contributed by atoms with van der Waals surface area (Å²) in [5, 5.41) is 17.3. The number of rotatable bonds is 7. The molecule has 11 nitrogen and oxygen atoms in total. The van der Waals surface area contributed by atoms with Gasteiger partial charge in [0.1, 0.15) is 35.2 Å². The van der Waals surface area contributed by atoms with Crippen LogP contribution in [0.1, 0.15) is 43.5 Å². The molecule has 0 aliphatic carbocycles. The smallest absolute Gasteiger partial charge is 0.309 e. The first kappa shape index (κ1) is 27.0. The van der Waals surface area contributed by atoms with E-state index in [0.717, 1.165) is 0 Å². The Kier molecular flexibility index (Phi) is 6.06. The molecular weight excluding hydrogens is 548 g/mol. The zero-order valence-corrected chi connectivity index (χ0v) is 22.8. The third kappa shape index (κ3) is 4.24. The van der Waals surface area contributed by atoms with Crippen molar-refractivity contribution in [2.45, 2.75) is 39.2 Å². The van der Waals surface area contributed by atoms with Crippen molar-refractivity contribution in [2.24, 2.45) is 5.41 Å². The summed E-state index contributed by atoms with van der Waals surface area (Å²) in [4.78, 5) is 38.3. The summed E-state index contributed by atoms with van der Waals surface area (Å²) in [5.41, 5.74) is 5.41. The molecule has 42 heavy (non-hydrogen) atoms. The minimum Gasteiger partial charge on any atom is -0.481 e. The largest absolute Gasteiger partial charge is 0.481 e. The molecule has 4 heterocycles. The van der Waals surface area contributed by atoms with Gasteiger partial charge in [0.05, 0.1) is 28.7 Å². The fourth-order valence-corrected chi connectivity index (χ4v) is 5.08. The summed E-state index contributed by atoms with van der Waals surface area (Å²) >= 11 is 0. The van der Waals surface area contributed by atoms with Crippen molar-refractivity contribution in [1.29, 1.82) is 0 Å². The Labute approximate surface area is 237 Å². The lowest BCUT2D eigenvalue weighted by atomic mass is 9.84. The van der Waals surface area contributed by atoms with Gasteiger partial charge in [-0.15, -0.1) is 0 Å². The fraction of sp³-hybridized carbons (Fsp3) is 0.241. The molecule has 0 spiro atoms. The molecule has 0 fully saturated rings. The van der Waals surface area contributed by atoms with Crippen LogP contribution in [0.15, 0.2) is 53.1 Å². The molecule has 1 amide bonds. The van der Waals surface area contributed by atoms with Crippen molar-refractivity contribution >= 4 is 34.4 Å². The van der Waals surface area contributed by atoms with E-state index in [1.165, 1.54) is 35.2 Å². The van der Waals surface area contributed by atoms with E-state index in [9.17, 15) is 23.5 Å². The van der Waals surface area contributed by atoms with E-state index in [0.29, 0.717) is 22.2 Å². The average Bonchev–Trinajstić information content (AvgIpc) is 3.60. The second-order valence-electron chi connectivity index (χ2n) is 11.0. The lowest BCUT2D eigenvalue weighted by Gasteiger charge is -2.19. The monoisotopic (exact) mass is 573 g/mol. The molecule has 1 aliphatic rings. The number of carboxylic acid groups (broad SMARTS) is 1. The molecule has 13 heteroatoms. The van der Waals surface area contributed by atoms with Gasteiger partial charge in [0.25, 0.3) is 0 Å². The Bertz CT molecular complexity index is 1920. The van der Waals surface area contributed by atoms with Crippen molar-refractivity contribution in [1.82, 2.24) is 24.7 Å². The highest BCUT2D eigenvalue weighted by Gasteiger charge is 2.51. The molecule has 2 aromatic carbocycles. The summed E-state index contributed by atoms with van der Waals surface area (Å²) < 4.78 is 35.8. The molecule has 4 N–H and O–H groups in total. The molecule has 0 radical (unpaired) electrons. The van der Waals surface area contributed by atoms with Crippen molar-refractivity contribution < 1.29 is 27.9 Å². The Morgan fingerprint density at radius 2 is 1.93 bits per heavy atom. The Morgan fingerprint density at radius 1 is 1.17 bits per heavy atom. The van der Waals surface area contributed by atoms with Crippen LogP contribution in [0.5, 0.6) is 0 Å². The zero-order chi connectivity index (χ0) is 30.0. The van der Waals surface area contributed by atoms with Gasteiger partial charge in [-0.05, 0) is 45.0 Å². The highest BCUT2D eigenvalue weighted by atomic mass is 19.1. The molecule has 0 bridgehead atoms. The topological polar surface area (TPSA) is 162 Å². The van der Waals surface area contributed by atoms with E-state index < -0.39 is 34.3 Å². The maximum absolute atomic E-state index is 14.4. The molecule has 3 aromatic heterocycles. The standard InChI is InChI=1S/C29H25F2N7O4/c1-28(2,27(40)41)11-16-13-42-26(33-16)29(3)20-22(32)34-24(35-23(20)36-25(29)39)21-17-9-8-15(30)10-19(17)38(37-21)12-14-6-4-5-7-18(14)31/h4-10,13H,11-12H2,1-3H3,(H,40,41)(H3,32,34,35,36,39). The number of carbonyl (C=O) groups is 2. The molecular formula is C29H25F2N7O4. The number of carbonyl (C=O) groups excluding carboxylic acids is 1. The number of benzene rings is 2. The Morgan fingerprint density at radius 3 is 2.67 bits per heavy atom. The third-order valence-electron chi connectivity index (χ3n) is 7.51. The number of oxazole rings is 1.